The van der Waals surface area contributed by atoms with Crippen molar-refractivity contribution in [3.63, 3.8) is 0 Å². The Morgan fingerprint density at radius 2 is 2.00 bits per heavy atom. The van der Waals surface area contributed by atoms with Crippen molar-refractivity contribution in [2.75, 3.05) is 26.1 Å². The molecular weight excluding hydrogens is 384 g/mol. The number of carbonyl (C=O) groups is 1. The van der Waals surface area contributed by atoms with Gasteiger partial charge in [0.15, 0.2) is 0 Å². The first-order chi connectivity index (χ1) is 12.4. The van der Waals surface area contributed by atoms with Crippen LogP contribution in [0.15, 0.2) is 27.3 Å². The van der Waals surface area contributed by atoms with Crippen molar-refractivity contribution >= 4 is 33.8 Å². The van der Waals surface area contributed by atoms with Crippen molar-refractivity contribution in [1.29, 1.82) is 0 Å². The van der Waals surface area contributed by atoms with Crippen LogP contribution in [0.4, 0.5) is 10.7 Å². The number of thioether (sulfide) groups is 1. The molecule has 142 valence electrons. The van der Waals surface area contributed by atoms with Crippen molar-refractivity contribution in [2.24, 2.45) is 9.63 Å². The summed E-state index contributed by atoms with van der Waals surface area (Å²) in [5.74, 6) is 0.146. The van der Waals surface area contributed by atoms with Gasteiger partial charge in [-0.1, -0.05) is 28.3 Å². The molecular formula is C13H18N6O5S2. The topological polar surface area (TPSA) is 135 Å². The van der Waals surface area contributed by atoms with Crippen molar-refractivity contribution in [1.82, 2.24) is 14.9 Å². The maximum Gasteiger partial charge on any atom is 0.367 e. The number of methoxy groups -OCH3 is 2. The second kappa shape index (κ2) is 8.80. The molecule has 1 unspecified atom stereocenters. The minimum atomic E-state index is -4.01. The Balaban J connectivity index is 2.07. The van der Waals surface area contributed by atoms with Crippen molar-refractivity contribution < 1.29 is 22.7 Å². The monoisotopic (exact) mass is 402 g/mol. The Hall–Kier alpha value is -2.41. The molecule has 1 aliphatic heterocycles. The van der Waals surface area contributed by atoms with Crippen molar-refractivity contribution in [2.45, 2.75) is 18.1 Å². The molecule has 11 nitrogen and oxygen atoms in total. The molecule has 2 amide bonds. The zero-order chi connectivity index (χ0) is 19.2. The van der Waals surface area contributed by atoms with Gasteiger partial charge in [-0.2, -0.15) is 18.4 Å². The fourth-order valence-electron chi connectivity index (χ4n) is 1.93. The highest BCUT2D eigenvalue weighted by atomic mass is 32.3. The average molecular weight is 402 g/mol. The third-order valence-electron chi connectivity index (χ3n) is 3.02. The van der Waals surface area contributed by atoms with E-state index in [9.17, 15) is 13.2 Å². The molecule has 0 fully saturated rings. The van der Waals surface area contributed by atoms with E-state index in [1.165, 1.54) is 20.3 Å². The molecule has 1 aliphatic rings. The van der Waals surface area contributed by atoms with Gasteiger partial charge >= 0.3 is 16.1 Å². The number of nitrogens with one attached hydrogen (secondary N) is 1. The second-order valence-corrected chi connectivity index (χ2v) is 7.80. The molecule has 1 atom stereocenters. The van der Waals surface area contributed by atoms with Gasteiger partial charge in [0, 0.05) is 12.7 Å². The van der Waals surface area contributed by atoms with Gasteiger partial charge in [-0.3, -0.25) is 5.32 Å². The number of aromatic nitrogens is 2. The third kappa shape index (κ3) is 5.05. The average Bonchev–Trinajstić information content (AvgIpc) is 3.09. The maximum absolute atomic E-state index is 12.3. The van der Waals surface area contributed by atoms with E-state index in [1.54, 1.807) is 16.5 Å². The molecule has 2 rings (SSSR count). The number of nitrogens with zero attached hydrogens (tertiary/aromatic N) is 5. The van der Waals surface area contributed by atoms with Crippen LogP contribution in [0.25, 0.3) is 0 Å². The molecule has 0 aromatic carbocycles. The molecule has 1 aromatic rings. The third-order valence-corrected chi connectivity index (χ3v) is 5.95. The molecule has 2 heterocycles. The Kier molecular flexibility index (Phi) is 6.74. The molecule has 0 radical (unpaired) electrons. The van der Waals surface area contributed by atoms with E-state index in [2.05, 4.69) is 24.9 Å². The standard InChI is InChI=1S/C13H18N6O5S2/c1-4-5-19-6-7-25-13(19)26(21,22)18-17-12(20)16-11-14-9(23-2)8-10(15-11)24-3/h6-8,13H,4-5H2,1-3H3,(H,14,15,16,20). The van der Waals surface area contributed by atoms with E-state index in [4.69, 9.17) is 9.47 Å². The number of ether oxygens (including phenoxy) is 2. The molecule has 0 saturated carbocycles. The smallest absolute Gasteiger partial charge is 0.367 e. The summed E-state index contributed by atoms with van der Waals surface area (Å²) in [5.41, 5.74) is 0. The minimum absolute atomic E-state index is 0.153. The van der Waals surface area contributed by atoms with Crippen LogP contribution >= 0.6 is 11.8 Å². The number of urea groups is 1. The van der Waals surface area contributed by atoms with Crippen LogP contribution in [0, 0.1) is 0 Å². The number of carbonyl (C=O) groups excluding carboxylic acids is 1. The normalized spacial score (nSPS) is 16.9. The molecule has 0 saturated heterocycles. The van der Waals surface area contributed by atoms with E-state index < -0.39 is 20.8 Å². The van der Waals surface area contributed by atoms with Crippen molar-refractivity contribution in [3.8, 4) is 11.8 Å². The summed E-state index contributed by atoms with van der Waals surface area (Å²) < 4.78 is 36.7. The maximum atomic E-state index is 12.3. The fourth-order valence-corrected chi connectivity index (χ4v) is 4.28. The Bertz CT molecular complexity index is 791. The largest absolute Gasteiger partial charge is 0.481 e. The lowest BCUT2D eigenvalue weighted by Gasteiger charge is -2.21. The van der Waals surface area contributed by atoms with Crippen LogP contribution < -0.4 is 14.8 Å². The summed E-state index contributed by atoms with van der Waals surface area (Å²) in [6.45, 7) is 2.48. The van der Waals surface area contributed by atoms with Crippen molar-refractivity contribution in [3.05, 3.63) is 17.7 Å². The van der Waals surface area contributed by atoms with E-state index in [0.717, 1.165) is 18.2 Å². The highest BCUT2D eigenvalue weighted by molar-refractivity contribution is 8.14. The summed E-state index contributed by atoms with van der Waals surface area (Å²) in [4.78, 5) is 21.2. The minimum Gasteiger partial charge on any atom is -0.481 e. The Morgan fingerprint density at radius 3 is 2.58 bits per heavy atom. The van der Waals surface area contributed by atoms with Crippen LogP contribution in [0.3, 0.4) is 0 Å². The van der Waals surface area contributed by atoms with Gasteiger partial charge in [-0.05, 0) is 11.8 Å². The zero-order valence-corrected chi connectivity index (χ0v) is 16.0. The first-order valence-corrected chi connectivity index (χ1v) is 9.87. The SMILES string of the molecule is CCCN1C=CSC1S(=O)(=O)N=NC(=O)Nc1nc(OC)cc(OC)n1. The van der Waals surface area contributed by atoms with E-state index in [1.807, 2.05) is 6.92 Å². The first-order valence-electron chi connectivity index (χ1n) is 7.42. The van der Waals surface area contributed by atoms with E-state index in [-0.39, 0.29) is 17.7 Å². The van der Waals surface area contributed by atoms with Crippen LogP contribution in [-0.4, -0.2) is 54.8 Å². The molecule has 0 aliphatic carbocycles. The molecule has 0 bridgehead atoms. The van der Waals surface area contributed by atoms with Crippen LogP contribution in [0.5, 0.6) is 11.8 Å². The van der Waals surface area contributed by atoms with Gasteiger partial charge in [0.25, 0.3) is 0 Å². The van der Waals surface area contributed by atoms with Crippen LogP contribution in [0.1, 0.15) is 13.3 Å². The second-order valence-electron chi connectivity index (χ2n) is 4.87. The van der Waals surface area contributed by atoms with Gasteiger partial charge in [0.1, 0.15) is 0 Å². The van der Waals surface area contributed by atoms with Gasteiger partial charge in [-0.15, -0.1) is 0 Å². The summed E-state index contributed by atoms with van der Waals surface area (Å²) in [5, 5.41) is 7.06. The highest BCUT2D eigenvalue weighted by Gasteiger charge is 2.33. The molecule has 26 heavy (non-hydrogen) atoms. The molecule has 13 heteroatoms. The predicted molar refractivity (Wildman–Crippen MR) is 95.4 cm³/mol. The number of hydrogen-bond acceptors (Lipinski definition) is 9. The quantitative estimate of drug-likeness (QED) is 0.679. The molecule has 1 N–H and O–H groups in total. The summed E-state index contributed by atoms with van der Waals surface area (Å²) in [6.07, 6.45) is 2.44. The Morgan fingerprint density at radius 1 is 1.35 bits per heavy atom. The summed E-state index contributed by atoms with van der Waals surface area (Å²) >= 11 is 1.08. The number of anilines is 1. The fraction of sp³-hybridized carbons (Fsp3) is 0.462. The van der Waals surface area contributed by atoms with Crippen LogP contribution in [0.2, 0.25) is 0 Å². The summed E-state index contributed by atoms with van der Waals surface area (Å²) in [6, 6.07) is 0.371. The number of sulfonamides is 1. The summed E-state index contributed by atoms with van der Waals surface area (Å²) in [7, 11) is -1.24. The number of amides is 2. The van der Waals surface area contributed by atoms with E-state index >= 15 is 0 Å². The lowest BCUT2D eigenvalue weighted by atomic mass is 10.4. The van der Waals surface area contributed by atoms with Crippen LogP contribution in [-0.2, 0) is 10.0 Å². The Labute approximate surface area is 154 Å². The molecule has 0 spiro atoms. The van der Waals surface area contributed by atoms with Gasteiger partial charge in [0.2, 0.25) is 22.4 Å². The highest BCUT2D eigenvalue weighted by Crippen LogP contribution is 2.30. The lowest BCUT2D eigenvalue weighted by molar-refractivity contribution is 0.258. The lowest BCUT2D eigenvalue weighted by Crippen LogP contribution is -2.31. The zero-order valence-electron chi connectivity index (χ0n) is 14.3. The van der Waals surface area contributed by atoms with E-state index in [0.29, 0.717) is 6.54 Å². The number of rotatable bonds is 7. The van der Waals surface area contributed by atoms with Gasteiger partial charge < -0.3 is 14.4 Å². The molecule has 1 aromatic heterocycles. The van der Waals surface area contributed by atoms with Gasteiger partial charge in [-0.25, -0.2) is 4.79 Å². The van der Waals surface area contributed by atoms with Gasteiger partial charge in [0.05, 0.1) is 20.3 Å². The number of hydrogen-bond donors (Lipinski definition) is 1. The first kappa shape index (κ1) is 19.9. The predicted octanol–water partition coefficient (Wildman–Crippen LogP) is 2.02.